The zero-order valence-electron chi connectivity index (χ0n) is 20.5. The lowest BCUT2D eigenvalue weighted by molar-refractivity contribution is -0.120. The first-order chi connectivity index (χ1) is 17.9. The lowest BCUT2D eigenvalue weighted by Gasteiger charge is -2.30. The van der Waals surface area contributed by atoms with E-state index in [2.05, 4.69) is 26.0 Å². The Balaban J connectivity index is 1.31. The largest absolute Gasteiger partial charge is 0.326 e. The van der Waals surface area contributed by atoms with Gasteiger partial charge in [0.2, 0.25) is 15.9 Å². The molecule has 3 aromatic carbocycles. The lowest BCUT2D eigenvalue weighted by atomic mass is 9.97. The van der Waals surface area contributed by atoms with Gasteiger partial charge in [-0.25, -0.2) is 21.1 Å². The number of aryl methyl sites for hydroxylation is 1. The minimum absolute atomic E-state index is 0.0384. The first kappa shape index (κ1) is 28.6. The molecule has 0 atom stereocenters. The number of nitrogens with zero attached hydrogens (tertiary/aromatic N) is 1. The molecular weight excluding hydrogens is 614 g/mol. The summed E-state index contributed by atoms with van der Waals surface area (Å²) >= 11 is 9.42. The van der Waals surface area contributed by atoms with Gasteiger partial charge in [0.05, 0.1) is 16.3 Å². The number of carbonyl (C=O) groups is 1. The van der Waals surface area contributed by atoms with Crippen LogP contribution >= 0.6 is 27.5 Å². The Morgan fingerprint density at radius 1 is 0.947 bits per heavy atom. The first-order valence-electron chi connectivity index (χ1n) is 11.9. The number of sulfonamides is 2. The van der Waals surface area contributed by atoms with E-state index in [1.54, 1.807) is 42.5 Å². The molecule has 1 fully saturated rings. The molecule has 1 aliphatic heterocycles. The van der Waals surface area contributed by atoms with Gasteiger partial charge in [0, 0.05) is 34.2 Å². The van der Waals surface area contributed by atoms with Crippen molar-refractivity contribution in [3.8, 4) is 0 Å². The van der Waals surface area contributed by atoms with E-state index in [1.165, 1.54) is 28.6 Å². The Hall–Kier alpha value is -2.44. The lowest BCUT2D eigenvalue weighted by Crippen LogP contribution is -2.41. The van der Waals surface area contributed by atoms with Gasteiger partial charge >= 0.3 is 0 Å². The third-order valence-corrected chi connectivity index (χ3v) is 10.5. The van der Waals surface area contributed by atoms with Crippen molar-refractivity contribution >= 4 is 64.9 Å². The van der Waals surface area contributed by atoms with Crippen LogP contribution in [0.3, 0.4) is 0 Å². The van der Waals surface area contributed by atoms with Crippen LogP contribution in [0.4, 0.5) is 11.4 Å². The van der Waals surface area contributed by atoms with Crippen molar-refractivity contribution < 1.29 is 21.6 Å². The second kappa shape index (κ2) is 11.7. The Morgan fingerprint density at radius 2 is 1.55 bits per heavy atom. The molecule has 0 radical (unpaired) electrons. The Labute approximate surface area is 236 Å². The molecule has 0 bridgehead atoms. The average Bonchev–Trinajstić information content (AvgIpc) is 2.88. The van der Waals surface area contributed by atoms with Gasteiger partial charge in [-0.3, -0.25) is 9.52 Å². The number of halogens is 2. The molecule has 8 nitrogen and oxygen atoms in total. The van der Waals surface area contributed by atoms with Crippen LogP contribution < -0.4 is 10.0 Å². The fourth-order valence-electron chi connectivity index (χ4n) is 4.11. The molecule has 0 aliphatic carbocycles. The van der Waals surface area contributed by atoms with Crippen molar-refractivity contribution in [3.63, 3.8) is 0 Å². The quantitative estimate of drug-likeness (QED) is 0.343. The van der Waals surface area contributed by atoms with E-state index in [4.69, 9.17) is 11.6 Å². The van der Waals surface area contributed by atoms with Crippen molar-refractivity contribution in [2.24, 2.45) is 5.92 Å². The topological polar surface area (TPSA) is 113 Å². The van der Waals surface area contributed by atoms with Gasteiger partial charge in [0.25, 0.3) is 10.0 Å². The summed E-state index contributed by atoms with van der Waals surface area (Å²) < 4.78 is 55.9. The molecule has 1 amide bonds. The predicted molar refractivity (Wildman–Crippen MR) is 153 cm³/mol. The van der Waals surface area contributed by atoms with Crippen LogP contribution in [0.25, 0.3) is 0 Å². The van der Waals surface area contributed by atoms with Gasteiger partial charge < -0.3 is 5.32 Å². The van der Waals surface area contributed by atoms with Crippen LogP contribution in [0, 0.1) is 12.8 Å². The summed E-state index contributed by atoms with van der Waals surface area (Å²) in [6.45, 7) is 2.36. The first-order valence-corrected chi connectivity index (χ1v) is 16.1. The van der Waals surface area contributed by atoms with Gasteiger partial charge in [-0.15, -0.1) is 0 Å². The number of anilines is 2. The van der Waals surface area contributed by atoms with Crippen molar-refractivity contribution in [3.05, 3.63) is 87.4 Å². The molecule has 38 heavy (non-hydrogen) atoms. The maximum atomic E-state index is 12.8. The van der Waals surface area contributed by atoms with E-state index in [1.807, 2.05) is 6.92 Å². The Kier molecular flexibility index (Phi) is 8.83. The molecule has 0 saturated carbocycles. The molecule has 3 aromatic rings. The Morgan fingerprint density at radius 3 is 2.16 bits per heavy atom. The van der Waals surface area contributed by atoms with Gasteiger partial charge in [-0.05, 0) is 79.4 Å². The monoisotopic (exact) mass is 639 g/mol. The normalized spacial score (nSPS) is 15.2. The van der Waals surface area contributed by atoms with E-state index in [9.17, 15) is 21.6 Å². The van der Waals surface area contributed by atoms with E-state index < -0.39 is 20.0 Å². The number of amides is 1. The molecule has 4 rings (SSSR count). The summed E-state index contributed by atoms with van der Waals surface area (Å²) in [4.78, 5) is 12.8. The summed E-state index contributed by atoms with van der Waals surface area (Å²) in [6, 6.07) is 17.9. The maximum Gasteiger partial charge on any atom is 0.261 e. The fourth-order valence-corrected chi connectivity index (χ4v) is 7.17. The van der Waals surface area contributed by atoms with E-state index in [-0.39, 0.29) is 35.6 Å². The van der Waals surface area contributed by atoms with Crippen LogP contribution in [-0.4, -0.2) is 40.1 Å². The highest BCUT2D eigenvalue weighted by Crippen LogP contribution is 2.26. The molecule has 12 heteroatoms. The summed E-state index contributed by atoms with van der Waals surface area (Å²) in [5.41, 5.74) is 2.35. The van der Waals surface area contributed by atoms with Gasteiger partial charge in [0.15, 0.2) is 0 Å². The molecular formula is C26H27BrClN3O5S2. The van der Waals surface area contributed by atoms with E-state index >= 15 is 0 Å². The molecule has 0 unspecified atom stereocenters. The standard InChI is InChI=1S/C26H27BrClN3O5S2/c1-18-2-7-23(16-25(18)28)30-38(35,36)24-10-8-22(9-11-24)29-26(32)20-12-14-31(15-13-20)37(33,34)17-19-3-5-21(27)6-4-19/h2-11,16,20,30H,12-15,17H2,1H3,(H,29,32). The minimum Gasteiger partial charge on any atom is -0.326 e. The molecule has 2 N–H and O–H groups in total. The summed E-state index contributed by atoms with van der Waals surface area (Å²) in [7, 11) is -7.33. The molecule has 0 spiro atoms. The summed E-state index contributed by atoms with van der Waals surface area (Å²) in [5, 5.41) is 3.26. The maximum absolute atomic E-state index is 12.8. The third kappa shape index (κ3) is 7.15. The molecule has 202 valence electrons. The highest BCUT2D eigenvalue weighted by Gasteiger charge is 2.31. The number of benzene rings is 3. The summed E-state index contributed by atoms with van der Waals surface area (Å²) in [5.74, 6) is -0.651. The van der Waals surface area contributed by atoms with Crippen molar-refractivity contribution in [1.82, 2.24) is 4.31 Å². The molecule has 1 saturated heterocycles. The van der Waals surface area contributed by atoms with Gasteiger partial charge in [0.1, 0.15) is 0 Å². The van der Waals surface area contributed by atoms with Crippen LogP contribution in [-0.2, 0) is 30.6 Å². The van der Waals surface area contributed by atoms with Crippen LogP contribution in [0.5, 0.6) is 0 Å². The summed E-state index contributed by atoms with van der Waals surface area (Å²) in [6.07, 6.45) is 0.807. The SMILES string of the molecule is Cc1ccc(NS(=O)(=O)c2ccc(NC(=O)C3CCN(S(=O)(=O)Cc4ccc(Br)cc4)CC3)cc2)cc1Cl. The zero-order chi connectivity index (χ0) is 27.5. The van der Waals surface area contributed by atoms with Gasteiger partial charge in [-0.2, -0.15) is 0 Å². The highest BCUT2D eigenvalue weighted by molar-refractivity contribution is 9.10. The predicted octanol–water partition coefficient (Wildman–Crippen LogP) is 5.39. The van der Waals surface area contributed by atoms with Crippen molar-refractivity contribution in [1.29, 1.82) is 0 Å². The second-order valence-corrected chi connectivity index (χ2v) is 14.1. The molecule has 1 aliphatic rings. The number of hydrogen-bond acceptors (Lipinski definition) is 5. The highest BCUT2D eigenvalue weighted by atomic mass is 79.9. The van der Waals surface area contributed by atoms with Gasteiger partial charge in [-0.1, -0.05) is 45.7 Å². The number of piperidine rings is 1. The van der Waals surface area contributed by atoms with Crippen LogP contribution in [0.2, 0.25) is 5.02 Å². The van der Waals surface area contributed by atoms with Crippen LogP contribution in [0.15, 0.2) is 76.1 Å². The van der Waals surface area contributed by atoms with Crippen molar-refractivity contribution in [2.75, 3.05) is 23.1 Å². The van der Waals surface area contributed by atoms with E-state index in [0.717, 1.165) is 10.0 Å². The molecule has 1 heterocycles. The minimum atomic E-state index is -3.84. The average molecular weight is 641 g/mol. The van der Waals surface area contributed by atoms with E-state index in [0.29, 0.717) is 34.8 Å². The number of nitrogens with one attached hydrogen (secondary N) is 2. The van der Waals surface area contributed by atoms with Crippen LogP contribution in [0.1, 0.15) is 24.0 Å². The van der Waals surface area contributed by atoms with Crippen molar-refractivity contribution in [2.45, 2.75) is 30.4 Å². The fraction of sp³-hybridized carbons (Fsp3) is 0.269. The second-order valence-electron chi connectivity index (χ2n) is 9.14. The number of carbonyl (C=O) groups excluding carboxylic acids is 1. The third-order valence-electron chi connectivity index (χ3n) is 6.34. The number of rotatable bonds is 8. The smallest absolute Gasteiger partial charge is 0.261 e. The molecule has 0 aromatic heterocycles. The number of hydrogen-bond donors (Lipinski definition) is 2. The Bertz CT molecular complexity index is 1520. The zero-order valence-corrected chi connectivity index (χ0v) is 24.5.